The summed E-state index contributed by atoms with van der Waals surface area (Å²) in [6, 6.07) is 5.82. The summed E-state index contributed by atoms with van der Waals surface area (Å²) in [6.45, 7) is 1.67. The SMILES string of the molecule is CCc1c(C(=O)NCC(=O)OC)cnn1-c1ccc(F)cc1. The predicted molar refractivity (Wildman–Crippen MR) is 77.2 cm³/mol. The summed E-state index contributed by atoms with van der Waals surface area (Å²) in [5.41, 5.74) is 1.70. The number of aromatic nitrogens is 2. The fourth-order valence-corrected chi connectivity index (χ4v) is 2.03. The number of nitrogens with one attached hydrogen (secondary N) is 1. The molecule has 0 unspecified atom stereocenters. The number of rotatable bonds is 5. The third-order valence-electron chi connectivity index (χ3n) is 3.14. The third-order valence-corrected chi connectivity index (χ3v) is 3.14. The fraction of sp³-hybridized carbons (Fsp3) is 0.267. The zero-order valence-electron chi connectivity index (χ0n) is 12.3. The van der Waals surface area contributed by atoms with Crippen molar-refractivity contribution in [2.45, 2.75) is 13.3 Å². The Bertz CT molecular complexity index is 680. The van der Waals surface area contributed by atoms with Crippen molar-refractivity contribution in [1.29, 1.82) is 0 Å². The van der Waals surface area contributed by atoms with Crippen molar-refractivity contribution in [2.75, 3.05) is 13.7 Å². The van der Waals surface area contributed by atoms with Crippen LogP contribution in [0.4, 0.5) is 4.39 Å². The molecule has 0 aliphatic carbocycles. The van der Waals surface area contributed by atoms with Crippen molar-refractivity contribution in [3.05, 3.63) is 47.5 Å². The molecule has 0 aliphatic rings. The molecule has 0 atom stereocenters. The first-order chi connectivity index (χ1) is 10.6. The van der Waals surface area contributed by atoms with E-state index in [1.165, 1.54) is 25.4 Å². The number of halogens is 1. The number of methoxy groups -OCH3 is 1. The van der Waals surface area contributed by atoms with Gasteiger partial charge in [-0.05, 0) is 30.7 Å². The van der Waals surface area contributed by atoms with Crippen LogP contribution >= 0.6 is 0 Å². The van der Waals surface area contributed by atoms with Crippen LogP contribution < -0.4 is 5.32 Å². The number of nitrogens with zero attached hydrogens (tertiary/aromatic N) is 2. The second kappa shape index (κ2) is 6.84. The van der Waals surface area contributed by atoms with Crippen molar-refractivity contribution in [3.8, 4) is 5.69 Å². The normalized spacial score (nSPS) is 10.3. The van der Waals surface area contributed by atoms with E-state index < -0.39 is 11.9 Å². The molecule has 6 nitrogen and oxygen atoms in total. The molecule has 0 bridgehead atoms. The molecule has 0 fully saturated rings. The van der Waals surface area contributed by atoms with Crippen LogP contribution in [-0.4, -0.2) is 35.3 Å². The minimum atomic E-state index is -0.530. The van der Waals surface area contributed by atoms with E-state index in [1.807, 2.05) is 6.92 Å². The van der Waals surface area contributed by atoms with Crippen LogP contribution in [0.15, 0.2) is 30.5 Å². The van der Waals surface area contributed by atoms with Gasteiger partial charge < -0.3 is 10.1 Å². The van der Waals surface area contributed by atoms with Crippen LogP contribution in [0, 0.1) is 5.82 Å². The fourth-order valence-electron chi connectivity index (χ4n) is 2.03. The quantitative estimate of drug-likeness (QED) is 0.849. The van der Waals surface area contributed by atoms with Gasteiger partial charge in [0.2, 0.25) is 0 Å². The average molecular weight is 305 g/mol. The van der Waals surface area contributed by atoms with E-state index in [0.29, 0.717) is 23.4 Å². The van der Waals surface area contributed by atoms with Gasteiger partial charge in [0.05, 0.1) is 30.3 Å². The van der Waals surface area contributed by atoms with Gasteiger partial charge in [-0.15, -0.1) is 0 Å². The maximum atomic E-state index is 13.0. The van der Waals surface area contributed by atoms with Crippen molar-refractivity contribution >= 4 is 11.9 Å². The number of esters is 1. The summed E-state index contributed by atoms with van der Waals surface area (Å²) in [6.07, 6.45) is 1.98. The molecule has 0 saturated heterocycles. The van der Waals surface area contributed by atoms with Gasteiger partial charge in [-0.2, -0.15) is 5.10 Å². The van der Waals surface area contributed by atoms with E-state index in [0.717, 1.165) is 0 Å². The molecular formula is C15H16FN3O3. The average Bonchev–Trinajstić information content (AvgIpc) is 2.96. The van der Waals surface area contributed by atoms with Crippen LogP contribution in [0.2, 0.25) is 0 Å². The van der Waals surface area contributed by atoms with Gasteiger partial charge in [-0.25, -0.2) is 9.07 Å². The number of benzene rings is 1. The molecule has 2 aromatic rings. The molecule has 0 aliphatic heterocycles. The monoisotopic (exact) mass is 305 g/mol. The summed E-state index contributed by atoms with van der Waals surface area (Å²) >= 11 is 0. The molecule has 116 valence electrons. The van der Waals surface area contributed by atoms with E-state index in [-0.39, 0.29) is 12.4 Å². The Labute approximate surface area is 126 Å². The van der Waals surface area contributed by atoms with Crippen molar-refractivity contribution in [1.82, 2.24) is 15.1 Å². The number of hydrogen-bond acceptors (Lipinski definition) is 4. The lowest BCUT2D eigenvalue weighted by atomic mass is 10.2. The Balaban J connectivity index is 2.25. The number of amides is 1. The lowest BCUT2D eigenvalue weighted by Crippen LogP contribution is -2.30. The Morgan fingerprint density at radius 3 is 2.59 bits per heavy atom. The second-order valence-electron chi connectivity index (χ2n) is 4.51. The molecule has 1 N–H and O–H groups in total. The van der Waals surface area contributed by atoms with Crippen molar-refractivity contribution < 1.29 is 18.7 Å². The van der Waals surface area contributed by atoms with Gasteiger partial charge >= 0.3 is 5.97 Å². The maximum Gasteiger partial charge on any atom is 0.325 e. The summed E-state index contributed by atoms with van der Waals surface area (Å²) in [5, 5.41) is 6.64. The molecular weight excluding hydrogens is 289 g/mol. The predicted octanol–water partition coefficient (Wildman–Crippen LogP) is 1.48. The number of carbonyl (C=O) groups is 2. The Kier molecular flexibility index (Phi) is 4.88. The zero-order valence-corrected chi connectivity index (χ0v) is 12.3. The molecule has 2 rings (SSSR count). The molecule has 1 aromatic carbocycles. The third kappa shape index (κ3) is 3.30. The van der Waals surface area contributed by atoms with Gasteiger partial charge in [0, 0.05) is 0 Å². The largest absolute Gasteiger partial charge is 0.468 e. The van der Waals surface area contributed by atoms with Gasteiger partial charge in [-0.3, -0.25) is 9.59 Å². The van der Waals surface area contributed by atoms with Crippen LogP contribution in [0.3, 0.4) is 0 Å². The number of hydrogen-bond donors (Lipinski definition) is 1. The summed E-state index contributed by atoms with van der Waals surface area (Å²) in [7, 11) is 1.25. The van der Waals surface area contributed by atoms with Crippen LogP contribution in [-0.2, 0) is 16.0 Å². The Hall–Kier alpha value is -2.70. The summed E-state index contributed by atoms with van der Waals surface area (Å²) in [4.78, 5) is 23.2. The van der Waals surface area contributed by atoms with E-state index in [9.17, 15) is 14.0 Å². The molecule has 0 saturated carbocycles. The summed E-state index contributed by atoms with van der Waals surface area (Å²) in [5.74, 6) is -1.28. The van der Waals surface area contributed by atoms with E-state index in [1.54, 1.807) is 16.8 Å². The van der Waals surface area contributed by atoms with E-state index >= 15 is 0 Å². The first kappa shape index (κ1) is 15.7. The van der Waals surface area contributed by atoms with Gasteiger partial charge in [-0.1, -0.05) is 6.92 Å². The summed E-state index contributed by atoms with van der Waals surface area (Å²) < 4.78 is 19.0. The molecule has 22 heavy (non-hydrogen) atoms. The number of ether oxygens (including phenoxy) is 1. The molecule has 0 spiro atoms. The molecule has 7 heteroatoms. The highest BCUT2D eigenvalue weighted by molar-refractivity contribution is 5.96. The minimum absolute atomic E-state index is 0.208. The smallest absolute Gasteiger partial charge is 0.325 e. The van der Waals surface area contributed by atoms with Gasteiger partial charge in [0.15, 0.2) is 0 Å². The highest BCUT2D eigenvalue weighted by Gasteiger charge is 2.17. The van der Waals surface area contributed by atoms with Crippen LogP contribution in [0.25, 0.3) is 5.69 Å². The van der Waals surface area contributed by atoms with Crippen molar-refractivity contribution in [3.63, 3.8) is 0 Å². The van der Waals surface area contributed by atoms with Crippen LogP contribution in [0.1, 0.15) is 23.0 Å². The second-order valence-corrected chi connectivity index (χ2v) is 4.51. The van der Waals surface area contributed by atoms with E-state index in [4.69, 9.17) is 0 Å². The van der Waals surface area contributed by atoms with E-state index in [2.05, 4.69) is 15.2 Å². The molecule has 0 radical (unpaired) electrons. The lowest BCUT2D eigenvalue weighted by Gasteiger charge is -2.08. The minimum Gasteiger partial charge on any atom is -0.468 e. The van der Waals surface area contributed by atoms with Crippen molar-refractivity contribution in [2.24, 2.45) is 0 Å². The number of carbonyl (C=O) groups excluding carboxylic acids is 2. The lowest BCUT2D eigenvalue weighted by molar-refractivity contribution is -0.139. The van der Waals surface area contributed by atoms with Gasteiger partial charge in [0.1, 0.15) is 12.4 Å². The first-order valence-electron chi connectivity index (χ1n) is 6.74. The van der Waals surface area contributed by atoms with Crippen LogP contribution in [0.5, 0.6) is 0 Å². The van der Waals surface area contributed by atoms with Gasteiger partial charge in [0.25, 0.3) is 5.91 Å². The Morgan fingerprint density at radius 1 is 1.32 bits per heavy atom. The first-order valence-corrected chi connectivity index (χ1v) is 6.74. The maximum absolute atomic E-state index is 13.0. The standard InChI is InChI=1S/C15H16FN3O3/c1-3-13-12(15(21)17-9-14(20)22-2)8-18-19(13)11-6-4-10(16)5-7-11/h4-8H,3,9H2,1-2H3,(H,17,21). The zero-order chi connectivity index (χ0) is 16.1. The molecule has 1 heterocycles. The molecule has 1 aromatic heterocycles. The highest BCUT2D eigenvalue weighted by Crippen LogP contribution is 2.16. The Morgan fingerprint density at radius 2 is 2.00 bits per heavy atom. The molecule has 1 amide bonds. The topological polar surface area (TPSA) is 73.2 Å². The highest BCUT2D eigenvalue weighted by atomic mass is 19.1.